The third-order valence-corrected chi connectivity index (χ3v) is 3.19. The zero-order chi connectivity index (χ0) is 12.3. The van der Waals surface area contributed by atoms with E-state index in [0.717, 1.165) is 18.5 Å². The summed E-state index contributed by atoms with van der Waals surface area (Å²) < 4.78 is 1.80. The van der Waals surface area contributed by atoms with Crippen LogP contribution in [0.2, 0.25) is 5.15 Å². The zero-order valence-electron chi connectivity index (χ0n) is 10.3. The third kappa shape index (κ3) is 2.22. The predicted molar refractivity (Wildman–Crippen MR) is 65.7 cm³/mol. The summed E-state index contributed by atoms with van der Waals surface area (Å²) in [7, 11) is 0. The molecule has 16 heavy (non-hydrogen) atoms. The first-order valence-corrected chi connectivity index (χ1v) is 6.12. The fourth-order valence-corrected chi connectivity index (χ4v) is 2.13. The van der Waals surface area contributed by atoms with Crippen molar-refractivity contribution < 1.29 is 0 Å². The molecule has 0 aliphatic rings. The number of halogens is 1. The third-order valence-electron chi connectivity index (χ3n) is 2.83. The van der Waals surface area contributed by atoms with Gasteiger partial charge in [-0.25, -0.2) is 4.68 Å². The molecular formula is C12H18ClN3. The summed E-state index contributed by atoms with van der Waals surface area (Å²) in [6.45, 7) is 8.26. The Morgan fingerprint density at radius 1 is 1.38 bits per heavy atom. The molecule has 0 bridgehead atoms. The van der Waals surface area contributed by atoms with Gasteiger partial charge in [0.15, 0.2) is 0 Å². The Labute approximate surface area is 102 Å². The number of hydrogen-bond donors (Lipinski definition) is 0. The quantitative estimate of drug-likeness (QED) is 0.800. The molecule has 0 amide bonds. The Morgan fingerprint density at radius 2 is 1.94 bits per heavy atom. The van der Waals surface area contributed by atoms with Gasteiger partial charge in [-0.1, -0.05) is 39.3 Å². The van der Waals surface area contributed by atoms with Gasteiger partial charge in [-0.2, -0.15) is 10.4 Å². The van der Waals surface area contributed by atoms with Gasteiger partial charge in [0.25, 0.3) is 0 Å². The lowest BCUT2D eigenvalue weighted by Gasteiger charge is -2.13. The highest BCUT2D eigenvalue weighted by Gasteiger charge is 2.21. The molecule has 0 atom stereocenters. The van der Waals surface area contributed by atoms with Crippen LogP contribution in [0.3, 0.4) is 0 Å². The molecule has 0 aliphatic carbocycles. The summed E-state index contributed by atoms with van der Waals surface area (Å²) in [6, 6.07) is 2.44. The molecule has 0 spiro atoms. The van der Waals surface area contributed by atoms with Crippen molar-refractivity contribution in [1.82, 2.24) is 9.78 Å². The lowest BCUT2D eigenvalue weighted by Crippen LogP contribution is -2.09. The van der Waals surface area contributed by atoms with Gasteiger partial charge < -0.3 is 0 Å². The van der Waals surface area contributed by atoms with Gasteiger partial charge in [0.1, 0.15) is 16.8 Å². The average molecular weight is 240 g/mol. The summed E-state index contributed by atoms with van der Waals surface area (Å²) in [6.07, 6.45) is 1.95. The number of hydrogen-bond acceptors (Lipinski definition) is 2. The minimum absolute atomic E-state index is 0.225. The zero-order valence-corrected chi connectivity index (χ0v) is 11.0. The van der Waals surface area contributed by atoms with Gasteiger partial charge in [-0.15, -0.1) is 0 Å². The van der Waals surface area contributed by atoms with E-state index in [0.29, 0.717) is 10.7 Å². The minimum Gasteiger partial charge on any atom is -0.249 e. The maximum absolute atomic E-state index is 9.10. The summed E-state index contributed by atoms with van der Waals surface area (Å²) in [5, 5.41) is 14.1. The molecule has 1 aromatic rings. The van der Waals surface area contributed by atoms with Crippen molar-refractivity contribution >= 4 is 11.6 Å². The second-order valence-electron chi connectivity index (χ2n) is 4.23. The number of nitriles is 1. The van der Waals surface area contributed by atoms with Crippen LogP contribution in [0, 0.1) is 11.3 Å². The molecule has 0 fully saturated rings. The Hall–Kier alpha value is -1.01. The van der Waals surface area contributed by atoms with Crippen molar-refractivity contribution in [2.45, 2.75) is 52.5 Å². The molecular weight excluding hydrogens is 222 g/mol. The first-order chi connectivity index (χ1) is 7.56. The summed E-state index contributed by atoms with van der Waals surface area (Å²) in [5.74, 6) is 0.225. The van der Waals surface area contributed by atoms with Crippen LogP contribution in [0.1, 0.15) is 63.8 Å². The predicted octanol–water partition coefficient (Wildman–Crippen LogP) is 3.89. The van der Waals surface area contributed by atoms with Gasteiger partial charge in [0.2, 0.25) is 0 Å². The number of rotatable bonds is 4. The molecule has 0 radical (unpaired) electrons. The molecule has 3 nitrogen and oxygen atoms in total. The van der Waals surface area contributed by atoms with Crippen molar-refractivity contribution in [3.63, 3.8) is 0 Å². The van der Waals surface area contributed by atoms with Crippen molar-refractivity contribution in [2.24, 2.45) is 0 Å². The second-order valence-corrected chi connectivity index (χ2v) is 4.59. The van der Waals surface area contributed by atoms with E-state index in [2.05, 4.69) is 25.0 Å². The maximum atomic E-state index is 9.10. The van der Waals surface area contributed by atoms with Crippen LogP contribution in [0.25, 0.3) is 0 Å². The van der Waals surface area contributed by atoms with Crippen molar-refractivity contribution in [2.75, 3.05) is 0 Å². The Balaban J connectivity index is 3.28. The molecule has 0 aromatic carbocycles. The first-order valence-electron chi connectivity index (χ1n) is 5.74. The van der Waals surface area contributed by atoms with Gasteiger partial charge in [-0.3, -0.25) is 0 Å². The lowest BCUT2D eigenvalue weighted by molar-refractivity contribution is 0.424. The fraction of sp³-hybridized carbons (Fsp3) is 0.667. The maximum Gasteiger partial charge on any atom is 0.145 e. The Bertz CT molecular complexity index is 397. The molecule has 0 N–H and O–H groups in total. The van der Waals surface area contributed by atoms with Crippen LogP contribution in [0.5, 0.6) is 0 Å². The number of aromatic nitrogens is 2. The fourth-order valence-electron chi connectivity index (χ4n) is 1.81. The van der Waals surface area contributed by atoms with Crippen molar-refractivity contribution in [3.05, 3.63) is 16.4 Å². The minimum atomic E-state index is 0.225. The normalized spacial score (nSPS) is 11.1. The van der Waals surface area contributed by atoms with E-state index in [9.17, 15) is 0 Å². The Morgan fingerprint density at radius 3 is 2.25 bits per heavy atom. The van der Waals surface area contributed by atoms with E-state index in [4.69, 9.17) is 16.9 Å². The first kappa shape index (κ1) is 13.1. The smallest absolute Gasteiger partial charge is 0.145 e. The topological polar surface area (TPSA) is 41.6 Å². The highest BCUT2D eigenvalue weighted by atomic mass is 35.5. The van der Waals surface area contributed by atoms with Crippen LogP contribution < -0.4 is 0 Å². The lowest BCUT2D eigenvalue weighted by atomic mass is 10.1. The monoisotopic (exact) mass is 239 g/mol. The molecule has 1 rings (SSSR count). The van der Waals surface area contributed by atoms with E-state index >= 15 is 0 Å². The highest BCUT2D eigenvalue weighted by Crippen LogP contribution is 2.29. The average Bonchev–Trinajstić information content (AvgIpc) is 2.58. The highest BCUT2D eigenvalue weighted by molar-refractivity contribution is 6.30. The molecule has 88 valence electrons. The van der Waals surface area contributed by atoms with Gasteiger partial charge in [0, 0.05) is 0 Å². The second kappa shape index (κ2) is 5.36. The van der Waals surface area contributed by atoms with Gasteiger partial charge in [0.05, 0.1) is 11.7 Å². The SMILES string of the molecule is CCC(CC)n1nc(C(C)C)c(C#N)c1Cl. The van der Waals surface area contributed by atoms with Crippen LogP contribution in [0.15, 0.2) is 0 Å². The standard InChI is InChI=1S/C12H18ClN3/c1-5-9(6-2)16-12(13)10(7-14)11(15-16)8(3)4/h8-9H,5-6H2,1-4H3. The van der Waals surface area contributed by atoms with Gasteiger partial charge in [-0.05, 0) is 18.8 Å². The molecule has 1 heterocycles. The summed E-state index contributed by atoms with van der Waals surface area (Å²) >= 11 is 6.20. The van der Waals surface area contributed by atoms with E-state index < -0.39 is 0 Å². The molecule has 0 aliphatic heterocycles. The molecule has 0 saturated heterocycles. The summed E-state index contributed by atoms with van der Waals surface area (Å²) in [4.78, 5) is 0. The van der Waals surface area contributed by atoms with E-state index in [1.807, 2.05) is 13.8 Å². The largest absolute Gasteiger partial charge is 0.249 e. The van der Waals surface area contributed by atoms with Crippen LogP contribution in [-0.2, 0) is 0 Å². The molecule has 1 aromatic heterocycles. The molecule has 0 unspecified atom stereocenters. The molecule has 0 saturated carbocycles. The van der Waals surface area contributed by atoms with Crippen LogP contribution >= 0.6 is 11.6 Å². The van der Waals surface area contributed by atoms with Crippen LogP contribution in [0.4, 0.5) is 0 Å². The molecule has 4 heteroatoms. The summed E-state index contributed by atoms with van der Waals surface area (Å²) in [5.41, 5.74) is 1.34. The Kier molecular flexibility index (Phi) is 4.37. The van der Waals surface area contributed by atoms with E-state index in [-0.39, 0.29) is 12.0 Å². The van der Waals surface area contributed by atoms with E-state index in [1.165, 1.54) is 0 Å². The van der Waals surface area contributed by atoms with Crippen LogP contribution in [-0.4, -0.2) is 9.78 Å². The van der Waals surface area contributed by atoms with Gasteiger partial charge >= 0.3 is 0 Å². The van der Waals surface area contributed by atoms with Crippen molar-refractivity contribution in [3.8, 4) is 6.07 Å². The van der Waals surface area contributed by atoms with E-state index in [1.54, 1.807) is 4.68 Å². The number of nitrogens with zero attached hydrogens (tertiary/aromatic N) is 3. The van der Waals surface area contributed by atoms with Crippen molar-refractivity contribution in [1.29, 1.82) is 5.26 Å².